The fourth-order valence-electron chi connectivity index (χ4n) is 1.89. The fraction of sp³-hybridized carbons (Fsp3) is 0.0625. The Morgan fingerprint density at radius 1 is 1.22 bits per heavy atom. The third-order valence-electron chi connectivity index (χ3n) is 2.97. The summed E-state index contributed by atoms with van der Waals surface area (Å²) in [4.78, 5) is 15.9. The number of aromatic nitrogens is 2. The van der Waals surface area contributed by atoms with Crippen LogP contribution in [0.2, 0.25) is 5.02 Å². The van der Waals surface area contributed by atoms with E-state index in [-0.39, 0.29) is 18.1 Å². The van der Waals surface area contributed by atoms with E-state index in [4.69, 9.17) is 20.9 Å². The van der Waals surface area contributed by atoms with E-state index >= 15 is 0 Å². The lowest BCUT2D eigenvalue weighted by molar-refractivity contribution is 0.0429. The van der Waals surface area contributed by atoms with Gasteiger partial charge in [0.2, 0.25) is 5.82 Å². The molecule has 0 spiro atoms. The van der Waals surface area contributed by atoms with Crippen LogP contribution in [0.3, 0.4) is 0 Å². The molecule has 0 aliphatic heterocycles. The standard InChI is InChI=1S/C16H10ClFN2O3/c17-13-7-2-1-6-12(13)15-19-14(23-20-15)9-22-16(21)10-4-3-5-11(18)8-10/h1-8H,9H2. The highest BCUT2D eigenvalue weighted by Gasteiger charge is 2.14. The van der Waals surface area contributed by atoms with Crippen LogP contribution in [0.4, 0.5) is 4.39 Å². The molecule has 0 fully saturated rings. The lowest BCUT2D eigenvalue weighted by Crippen LogP contribution is -2.05. The van der Waals surface area contributed by atoms with Gasteiger partial charge in [-0.3, -0.25) is 0 Å². The third kappa shape index (κ3) is 3.54. The summed E-state index contributed by atoms with van der Waals surface area (Å²) in [6.07, 6.45) is 0. The molecule has 1 heterocycles. The third-order valence-corrected chi connectivity index (χ3v) is 3.30. The van der Waals surface area contributed by atoms with Gasteiger partial charge >= 0.3 is 5.97 Å². The Balaban J connectivity index is 1.68. The van der Waals surface area contributed by atoms with Crippen LogP contribution in [-0.4, -0.2) is 16.1 Å². The summed E-state index contributed by atoms with van der Waals surface area (Å²) in [7, 11) is 0. The van der Waals surface area contributed by atoms with E-state index in [0.717, 1.165) is 6.07 Å². The van der Waals surface area contributed by atoms with Gasteiger partial charge in [-0.25, -0.2) is 9.18 Å². The van der Waals surface area contributed by atoms with Crippen LogP contribution in [0.5, 0.6) is 0 Å². The predicted octanol–water partition coefficient (Wildman–Crippen LogP) is 3.89. The first-order valence-corrected chi connectivity index (χ1v) is 7.01. The zero-order valence-electron chi connectivity index (χ0n) is 11.7. The molecule has 0 aliphatic carbocycles. The van der Waals surface area contributed by atoms with E-state index in [1.54, 1.807) is 24.3 Å². The van der Waals surface area contributed by atoms with E-state index in [9.17, 15) is 9.18 Å². The van der Waals surface area contributed by atoms with Crippen molar-refractivity contribution in [1.82, 2.24) is 10.1 Å². The van der Waals surface area contributed by atoms with Crippen molar-refractivity contribution in [2.24, 2.45) is 0 Å². The zero-order chi connectivity index (χ0) is 16.2. The van der Waals surface area contributed by atoms with Crippen molar-refractivity contribution in [3.05, 3.63) is 70.8 Å². The van der Waals surface area contributed by atoms with Crippen LogP contribution in [0.1, 0.15) is 16.2 Å². The Bertz CT molecular complexity index is 851. The van der Waals surface area contributed by atoms with Crippen LogP contribution >= 0.6 is 11.6 Å². The summed E-state index contributed by atoms with van der Waals surface area (Å²) in [6, 6.07) is 12.2. The van der Waals surface area contributed by atoms with Crippen LogP contribution < -0.4 is 0 Å². The number of rotatable bonds is 4. The van der Waals surface area contributed by atoms with Crippen LogP contribution in [0.15, 0.2) is 53.1 Å². The number of halogens is 2. The molecule has 0 radical (unpaired) electrons. The number of hydrogen-bond donors (Lipinski definition) is 0. The van der Waals surface area contributed by atoms with Gasteiger partial charge in [0, 0.05) is 5.56 Å². The predicted molar refractivity (Wildman–Crippen MR) is 80.3 cm³/mol. The van der Waals surface area contributed by atoms with Crippen molar-refractivity contribution in [3.8, 4) is 11.4 Å². The molecule has 3 aromatic rings. The maximum atomic E-state index is 13.1. The van der Waals surface area contributed by atoms with Gasteiger partial charge in [-0.15, -0.1) is 0 Å². The van der Waals surface area contributed by atoms with Gasteiger partial charge in [0.1, 0.15) is 5.82 Å². The van der Waals surface area contributed by atoms with Gasteiger partial charge in [-0.05, 0) is 30.3 Å². The van der Waals surface area contributed by atoms with Crippen molar-refractivity contribution in [2.75, 3.05) is 0 Å². The molecule has 116 valence electrons. The number of hydrogen-bond acceptors (Lipinski definition) is 5. The quantitative estimate of drug-likeness (QED) is 0.678. The molecule has 3 rings (SSSR count). The van der Waals surface area contributed by atoms with Gasteiger partial charge in [0.15, 0.2) is 6.61 Å². The highest BCUT2D eigenvalue weighted by Crippen LogP contribution is 2.24. The molecule has 23 heavy (non-hydrogen) atoms. The molecule has 5 nitrogen and oxygen atoms in total. The van der Waals surface area contributed by atoms with E-state index in [1.807, 2.05) is 0 Å². The van der Waals surface area contributed by atoms with Crippen molar-refractivity contribution in [3.63, 3.8) is 0 Å². The Hall–Kier alpha value is -2.73. The smallest absolute Gasteiger partial charge is 0.338 e. The molecule has 0 aliphatic rings. The topological polar surface area (TPSA) is 65.2 Å². The average molecular weight is 333 g/mol. The molecule has 0 saturated carbocycles. The minimum Gasteiger partial charge on any atom is -0.452 e. The highest BCUT2D eigenvalue weighted by molar-refractivity contribution is 6.33. The van der Waals surface area contributed by atoms with Crippen molar-refractivity contribution < 1.29 is 18.4 Å². The van der Waals surface area contributed by atoms with Gasteiger partial charge < -0.3 is 9.26 Å². The van der Waals surface area contributed by atoms with E-state index in [0.29, 0.717) is 16.4 Å². The summed E-state index contributed by atoms with van der Waals surface area (Å²) in [5, 5.41) is 4.27. The van der Waals surface area contributed by atoms with Gasteiger partial charge in [-0.2, -0.15) is 4.98 Å². The van der Waals surface area contributed by atoms with Crippen molar-refractivity contribution in [2.45, 2.75) is 6.61 Å². The second-order valence-electron chi connectivity index (χ2n) is 4.58. The van der Waals surface area contributed by atoms with Crippen molar-refractivity contribution in [1.29, 1.82) is 0 Å². The largest absolute Gasteiger partial charge is 0.452 e. The number of carbonyl (C=O) groups excluding carboxylic acids is 1. The Morgan fingerprint density at radius 3 is 2.83 bits per heavy atom. The Kier molecular flexibility index (Phi) is 4.34. The normalized spacial score (nSPS) is 10.5. The highest BCUT2D eigenvalue weighted by atomic mass is 35.5. The summed E-state index contributed by atoms with van der Waals surface area (Å²) in [5.74, 6) is -0.780. The number of esters is 1. The van der Waals surface area contributed by atoms with E-state index < -0.39 is 11.8 Å². The molecular weight excluding hydrogens is 323 g/mol. The maximum absolute atomic E-state index is 13.1. The molecule has 0 atom stereocenters. The molecule has 7 heteroatoms. The molecule has 0 amide bonds. The summed E-state index contributed by atoms with van der Waals surface area (Å²) >= 11 is 6.05. The zero-order valence-corrected chi connectivity index (χ0v) is 12.5. The van der Waals surface area contributed by atoms with Crippen LogP contribution in [0, 0.1) is 5.82 Å². The second-order valence-corrected chi connectivity index (χ2v) is 4.99. The minimum absolute atomic E-state index is 0.107. The van der Waals surface area contributed by atoms with Gasteiger partial charge in [0.05, 0.1) is 10.6 Å². The maximum Gasteiger partial charge on any atom is 0.338 e. The van der Waals surface area contributed by atoms with Crippen LogP contribution in [0.25, 0.3) is 11.4 Å². The number of benzene rings is 2. The molecule has 2 aromatic carbocycles. The number of nitrogens with zero attached hydrogens (tertiary/aromatic N) is 2. The van der Waals surface area contributed by atoms with Gasteiger partial charge in [-0.1, -0.05) is 35.0 Å². The first kappa shape index (κ1) is 15.2. The first-order chi connectivity index (χ1) is 11.1. The molecule has 0 saturated heterocycles. The average Bonchev–Trinajstić information content (AvgIpc) is 3.02. The SMILES string of the molecule is O=C(OCc1nc(-c2ccccc2Cl)no1)c1cccc(F)c1. The summed E-state index contributed by atoms with van der Waals surface area (Å²) in [6.45, 7) is -0.215. The molecular formula is C16H10ClFN2O3. The fourth-order valence-corrected chi connectivity index (χ4v) is 2.11. The van der Waals surface area contributed by atoms with Crippen molar-refractivity contribution >= 4 is 17.6 Å². The Morgan fingerprint density at radius 2 is 2.04 bits per heavy atom. The van der Waals surface area contributed by atoms with E-state index in [1.165, 1.54) is 18.2 Å². The summed E-state index contributed by atoms with van der Waals surface area (Å²) in [5.41, 5.74) is 0.719. The lowest BCUT2D eigenvalue weighted by atomic mass is 10.2. The number of ether oxygens (including phenoxy) is 1. The molecule has 0 bridgehead atoms. The minimum atomic E-state index is -0.679. The second kappa shape index (κ2) is 6.58. The first-order valence-electron chi connectivity index (χ1n) is 6.63. The van der Waals surface area contributed by atoms with Crippen LogP contribution in [-0.2, 0) is 11.3 Å². The monoisotopic (exact) mass is 332 g/mol. The molecule has 0 N–H and O–H groups in total. The summed E-state index contributed by atoms with van der Waals surface area (Å²) < 4.78 is 23.1. The molecule has 0 unspecified atom stereocenters. The Labute approximate surface area is 135 Å². The lowest BCUT2D eigenvalue weighted by Gasteiger charge is -2.01. The molecule has 1 aromatic heterocycles. The van der Waals surface area contributed by atoms with E-state index in [2.05, 4.69) is 10.1 Å². The van der Waals surface area contributed by atoms with Gasteiger partial charge in [0.25, 0.3) is 5.89 Å². The number of carbonyl (C=O) groups is 1.